The lowest BCUT2D eigenvalue weighted by Gasteiger charge is -2.30. The zero-order chi connectivity index (χ0) is 47.6. The normalized spacial score (nSPS) is 14.8. The van der Waals surface area contributed by atoms with Gasteiger partial charge in [0.05, 0.1) is 6.07 Å². The van der Waals surface area contributed by atoms with Crippen molar-refractivity contribution < 1.29 is 33.1 Å². The fourth-order valence-corrected chi connectivity index (χ4v) is 10.0. The molecule has 1 fully saturated rings. The highest BCUT2D eigenvalue weighted by Crippen LogP contribution is 2.45. The summed E-state index contributed by atoms with van der Waals surface area (Å²) in [5.41, 5.74) is 7.15. The number of anilines is 1. The van der Waals surface area contributed by atoms with Gasteiger partial charge < -0.3 is 34.2 Å². The maximum atomic E-state index is 13.9. The topological polar surface area (TPSA) is 154 Å². The summed E-state index contributed by atoms with van der Waals surface area (Å²) in [7, 11) is 0. The number of ether oxygens (including phenoxy) is 1. The van der Waals surface area contributed by atoms with Crippen molar-refractivity contribution in [2.75, 3.05) is 31.1 Å². The highest BCUT2D eigenvalue weighted by molar-refractivity contribution is 7.80. The van der Waals surface area contributed by atoms with E-state index in [1.165, 1.54) is 24.3 Å². The Labute approximate surface area is 399 Å². The number of hydrogen-bond donors (Lipinski definition) is 4. The Kier molecular flexibility index (Phi) is 13.1. The monoisotopic (exact) mass is 929 g/mol. The molecule has 346 valence electrons. The van der Waals surface area contributed by atoms with Gasteiger partial charge in [-0.3, -0.25) is 19.2 Å². The number of aromatic hydroxyl groups is 1. The van der Waals surface area contributed by atoms with Crippen molar-refractivity contribution in [1.82, 2.24) is 15.2 Å². The standard InChI is InChI=1S/C55H52N4O8S/c1-5-58(6-2)36-15-20-40-47(27-36)66-48-28-37(59(7-3)8-4)16-21-41(48)52(40)44-19-9-33(26-51(44)68)55(64)57-35-13-11-34(12-14-35)56-54(63)32-10-24-46(65-31-60)45(25-32)53-42-22-17-38(61)29-49(42)67-50-30-39(62)18-23-43(50)53/h9-10,15-31,34-35H,5-8,11-14H2,1-4H3,(H3,56,57,61,62,63,64)/p+1. The van der Waals surface area contributed by atoms with Crippen LogP contribution in [-0.2, 0) is 4.79 Å². The van der Waals surface area contributed by atoms with E-state index in [4.69, 9.17) is 26.2 Å². The molecule has 0 spiro atoms. The van der Waals surface area contributed by atoms with Gasteiger partial charge in [0.1, 0.15) is 47.3 Å². The third-order valence-electron chi connectivity index (χ3n) is 13.2. The van der Waals surface area contributed by atoms with Crippen LogP contribution in [0.1, 0.15) is 74.1 Å². The molecule has 4 aromatic rings. The van der Waals surface area contributed by atoms with Crippen molar-refractivity contribution in [2.45, 2.75) is 70.4 Å². The zero-order valence-corrected chi connectivity index (χ0v) is 39.3. The third kappa shape index (κ3) is 8.93. The van der Waals surface area contributed by atoms with Crippen molar-refractivity contribution >= 4 is 58.5 Å². The van der Waals surface area contributed by atoms with E-state index in [0.717, 1.165) is 70.6 Å². The number of amides is 2. The summed E-state index contributed by atoms with van der Waals surface area (Å²) in [5.74, 6) is 0.710. The smallest absolute Gasteiger partial charge is 0.298 e. The predicted octanol–water partition coefficient (Wildman–Crippen LogP) is 9.74. The third-order valence-corrected chi connectivity index (χ3v) is 13.6. The van der Waals surface area contributed by atoms with Gasteiger partial charge in [0, 0.05) is 110 Å². The Bertz CT molecular complexity index is 3300. The van der Waals surface area contributed by atoms with Gasteiger partial charge in [-0.2, -0.15) is 0 Å². The van der Waals surface area contributed by atoms with Crippen LogP contribution in [0.5, 0.6) is 11.5 Å². The number of phenols is 1. The molecule has 68 heavy (non-hydrogen) atoms. The molecule has 9 rings (SSSR count). The second kappa shape index (κ2) is 19.5. The fraction of sp³-hybridized carbons (Fsp3) is 0.255. The molecular formula is C55H53N4O8S+. The lowest BCUT2D eigenvalue weighted by Crippen LogP contribution is -2.43. The maximum Gasteiger partial charge on any atom is 0.298 e. The Morgan fingerprint density at radius 1 is 0.691 bits per heavy atom. The number of carbonyl (C=O) groups excluding carboxylic acids is 3. The van der Waals surface area contributed by atoms with Crippen molar-refractivity contribution in [3.63, 3.8) is 0 Å². The molecule has 4 aromatic carbocycles. The zero-order valence-electron chi connectivity index (χ0n) is 38.4. The average Bonchev–Trinajstić information content (AvgIpc) is 3.34. The summed E-state index contributed by atoms with van der Waals surface area (Å²) in [4.78, 5) is 54.6. The van der Waals surface area contributed by atoms with Crippen LogP contribution < -0.4 is 35.6 Å². The summed E-state index contributed by atoms with van der Waals surface area (Å²) in [5, 5.41) is 19.3. The molecule has 1 saturated carbocycles. The molecule has 12 nitrogen and oxygen atoms in total. The van der Waals surface area contributed by atoms with Crippen LogP contribution in [0.25, 0.3) is 66.8 Å². The molecule has 2 aliphatic heterocycles. The average molecular weight is 930 g/mol. The molecule has 5 aliphatic rings. The molecule has 2 amide bonds. The SMILES string of the molecule is CCN(CC)c1ccc2c(-c3ccc(C(=O)NC4CCC(NC(=O)c5ccc(OC=O)c(-c6c7ccc(=O)cc-7oc7cc(O)ccc67)c5)CC4)cc3S)c3ccc(=[N+](CC)CC)cc-3oc2c1. The molecule has 0 unspecified atom stereocenters. The molecule has 13 heteroatoms. The Balaban J connectivity index is 0.919. The van der Waals surface area contributed by atoms with Crippen LogP contribution >= 0.6 is 12.6 Å². The molecule has 0 aromatic heterocycles. The number of carbonyl (C=O) groups is 3. The van der Waals surface area contributed by atoms with Crippen molar-refractivity contribution in [2.24, 2.45) is 0 Å². The van der Waals surface area contributed by atoms with Crippen LogP contribution in [0, 0.1) is 0 Å². The number of rotatable bonds is 13. The molecule has 2 heterocycles. The molecule has 0 saturated heterocycles. The number of thiol groups is 1. The minimum absolute atomic E-state index is 0.0323. The van der Waals surface area contributed by atoms with E-state index in [-0.39, 0.29) is 46.6 Å². The number of fused-ring (bicyclic) bond motifs is 4. The minimum atomic E-state index is -0.312. The van der Waals surface area contributed by atoms with Gasteiger partial charge in [0.25, 0.3) is 18.3 Å². The van der Waals surface area contributed by atoms with Gasteiger partial charge in [-0.25, -0.2) is 4.58 Å². The largest absolute Gasteiger partial charge is 0.508 e. The first-order valence-corrected chi connectivity index (χ1v) is 23.7. The Hall–Kier alpha value is -7.38. The van der Waals surface area contributed by atoms with E-state index in [1.807, 2.05) is 18.2 Å². The van der Waals surface area contributed by atoms with Gasteiger partial charge in [-0.15, -0.1) is 12.6 Å². The first-order valence-electron chi connectivity index (χ1n) is 23.2. The fourth-order valence-electron chi connectivity index (χ4n) is 9.70. The van der Waals surface area contributed by atoms with Crippen molar-refractivity contribution in [1.29, 1.82) is 0 Å². The lowest BCUT2D eigenvalue weighted by atomic mass is 9.90. The van der Waals surface area contributed by atoms with Crippen LogP contribution in [0.2, 0.25) is 0 Å². The second-order valence-electron chi connectivity index (χ2n) is 17.2. The quantitative estimate of drug-likeness (QED) is 0.0383. The molecule has 3 aliphatic carbocycles. The first kappa shape index (κ1) is 45.8. The molecular weight excluding hydrogens is 877 g/mol. The lowest BCUT2D eigenvalue weighted by molar-refractivity contribution is -0.120. The van der Waals surface area contributed by atoms with Gasteiger partial charge in [0.2, 0.25) is 5.36 Å². The van der Waals surface area contributed by atoms with E-state index < -0.39 is 0 Å². The number of nitrogens with zero attached hydrogens (tertiary/aromatic N) is 2. The van der Waals surface area contributed by atoms with Crippen molar-refractivity contribution in [3.8, 4) is 56.4 Å². The van der Waals surface area contributed by atoms with Gasteiger partial charge in [-0.05, 0) is 132 Å². The molecule has 3 N–H and O–H groups in total. The molecule has 0 bridgehead atoms. The predicted molar refractivity (Wildman–Crippen MR) is 269 cm³/mol. The van der Waals surface area contributed by atoms with Crippen molar-refractivity contribution in [3.05, 3.63) is 136 Å². The second-order valence-corrected chi connectivity index (χ2v) is 17.6. The summed E-state index contributed by atoms with van der Waals surface area (Å²) in [6.45, 7) is 12.4. The van der Waals surface area contributed by atoms with E-state index in [1.54, 1.807) is 30.3 Å². The highest BCUT2D eigenvalue weighted by atomic mass is 32.1. The number of benzene rings is 6. The summed E-state index contributed by atoms with van der Waals surface area (Å²) in [6, 6.07) is 32.0. The first-order chi connectivity index (χ1) is 33.0. The molecule has 0 radical (unpaired) electrons. The van der Waals surface area contributed by atoms with Crippen LogP contribution in [0.15, 0.2) is 128 Å². The molecule has 0 atom stereocenters. The Morgan fingerprint density at radius 3 is 1.90 bits per heavy atom. The van der Waals surface area contributed by atoms with E-state index in [2.05, 4.69) is 84.2 Å². The van der Waals surface area contributed by atoms with E-state index in [0.29, 0.717) is 75.8 Å². The van der Waals surface area contributed by atoms with Gasteiger partial charge >= 0.3 is 0 Å². The summed E-state index contributed by atoms with van der Waals surface area (Å²) < 4.78 is 20.4. The van der Waals surface area contributed by atoms with Gasteiger partial charge in [0.15, 0.2) is 5.43 Å². The summed E-state index contributed by atoms with van der Waals surface area (Å²) >= 11 is 5.00. The summed E-state index contributed by atoms with van der Waals surface area (Å²) in [6.07, 6.45) is 2.62. The number of phenolic OH excluding ortho intramolecular Hbond substituents is 1. The number of hydrogen-bond acceptors (Lipinski definition) is 10. The van der Waals surface area contributed by atoms with E-state index >= 15 is 0 Å². The maximum absolute atomic E-state index is 13.9. The Morgan fingerprint density at radius 2 is 1.26 bits per heavy atom. The van der Waals surface area contributed by atoms with Crippen LogP contribution in [0.3, 0.4) is 0 Å². The van der Waals surface area contributed by atoms with Crippen LogP contribution in [-0.4, -0.2) is 61.7 Å². The van der Waals surface area contributed by atoms with E-state index in [9.17, 15) is 24.3 Å². The minimum Gasteiger partial charge on any atom is -0.508 e. The van der Waals surface area contributed by atoms with Gasteiger partial charge in [-0.1, -0.05) is 6.07 Å². The number of nitrogens with one attached hydrogen (secondary N) is 2. The highest BCUT2D eigenvalue weighted by Gasteiger charge is 2.27. The van der Waals surface area contributed by atoms with Crippen LogP contribution in [0.4, 0.5) is 5.69 Å².